The molecule has 1 aliphatic rings. The van der Waals surface area contributed by atoms with Crippen LogP contribution in [0.25, 0.3) is 0 Å². The number of rotatable bonds is 0. The van der Waals surface area contributed by atoms with Crippen LogP contribution in [0.2, 0.25) is 0 Å². The molecule has 1 N–H and O–H groups in total. The zero-order valence-electron chi connectivity index (χ0n) is 6.24. The van der Waals surface area contributed by atoms with E-state index in [2.05, 4.69) is 19.2 Å². The molecule has 1 fully saturated rings. The standard InChI is InChI=1S/C7H15N.ClH/c1-7(2)3-5-8-6-4-7;/h8H,3-6H2,1-2H3;1H. The quantitative estimate of drug-likeness (QED) is 0.554. The van der Waals surface area contributed by atoms with E-state index in [4.69, 9.17) is 0 Å². The fourth-order valence-corrected chi connectivity index (χ4v) is 1.10. The van der Waals surface area contributed by atoms with Crippen LogP contribution < -0.4 is 5.32 Å². The summed E-state index contributed by atoms with van der Waals surface area (Å²) in [5, 5.41) is 3.34. The van der Waals surface area contributed by atoms with Gasteiger partial charge in [-0.15, -0.1) is 12.4 Å². The molecule has 1 heterocycles. The van der Waals surface area contributed by atoms with Gasteiger partial charge >= 0.3 is 0 Å². The fourth-order valence-electron chi connectivity index (χ4n) is 1.10. The number of halogens is 1. The monoisotopic (exact) mass is 149 g/mol. The molecule has 2 heteroatoms. The molecule has 0 aromatic heterocycles. The van der Waals surface area contributed by atoms with Crippen LogP contribution in [0.1, 0.15) is 26.7 Å². The van der Waals surface area contributed by atoms with Crippen LogP contribution in [0.3, 0.4) is 0 Å². The van der Waals surface area contributed by atoms with Crippen LogP contribution in [-0.2, 0) is 0 Å². The average Bonchev–Trinajstić information content (AvgIpc) is 1.65. The lowest BCUT2D eigenvalue weighted by Crippen LogP contribution is -2.32. The van der Waals surface area contributed by atoms with Gasteiger partial charge < -0.3 is 5.32 Å². The van der Waals surface area contributed by atoms with Crippen molar-refractivity contribution in [2.24, 2.45) is 5.41 Å². The van der Waals surface area contributed by atoms with Crippen molar-refractivity contribution in [2.75, 3.05) is 13.1 Å². The Balaban J connectivity index is 0.000000640. The van der Waals surface area contributed by atoms with Crippen molar-refractivity contribution in [3.05, 3.63) is 0 Å². The van der Waals surface area contributed by atoms with Crippen LogP contribution >= 0.6 is 12.4 Å². The summed E-state index contributed by atoms with van der Waals surface area (Å²) in [6.45, 7) is 7.11. The van der Waals surface area contributed by atoms with Gasteiger partial charge in [-0.1, -0.05) is 13.8 Å². The van der Waals surface area contributed by atoms with E-state index in [-0.39, 0.29) is 12.4 Å². The molecule has 0 unspecified atom stereocenters. The van der Waals surface area contributed by atoms with Gasteiger partial charge in [0.15, 0.2) is 0 Å². The normalized spacial score (nSPS) is 24.7. The predicted octanol–water partition coefficient (Wildman–Crippen LogP) is 1.82. The average molecular weight is 150 g/mol. The third-order valence-corrected chi connectivity index (χ3v) is 1.96. The number of nitrogens with one attached hydrogen (secondary N) is 1. The highest BCUT2D eigenvalue weighted by Crippen LogP contribution is 2.25. The van der Waals surface area contributed by atoms with Crippen LogP contribution in [0, 0.1) is 5.41 Å². The third-order valence-electron chi connectivity index (χ3n) is 1.96. The zero-order chi connectivity index (χ0) is 6.04. The largest absolute Gasteiger partial charge is 0.317 e. The molecule has 0 amide bonds. The summed E-state index contributed by atoms with van der Waals surface area (Å²) in [5.41, 5.74) is 0.616. The Kier molecular flexibility index (Phi) is 3.52. The van der Waals surface area contributed by atoms with Crippen molar-refractivity contribution >= 4 is 12.4 Å². The first-order chi connectivity index (χ1) is 3.71. The summed E-state index contributed by atoms with van der Waals surface area (Å²) in [6.07, 6.45) is 2.68. The first-order valence-electron chi connectivity index (χ1n) is 3.41. The van der Waals surface area contributed by atoms with E-state index in [0.717, 1.165) is 0 Å². The molecule has 0 bridgehead atoms. The summed E-state index contributed by atoms with van der Waals surface area (Å²) < 4.78 is 0. The molecular weight excluding hydrogens is 134 g/mol. The summed E-state index contributed by atoms with van der Waals surface area (Å²) in [5.74, 6) is 0. The zero-order valence-corrected chi connectivity index (χ0v) is 7.05. The van der Waals surface area contributed by atoms with E-state index < -0.39 is 0 Å². The molecule has 1 saturated heterocycles. The molecule has 9 heavy (non-hydrogen) atoms. The van der Waals surface area contributed by atoms with Crippen LogP contribution in [0.5, 0.6) is 0 Å². The van der Waals surface area contributed by atoms with Crippen LogP contribution in [0.4, 0.5) is 0 Å². The molecule has 0 aromatic carbocycles. The third kappa shape index (κ3) is 3.07. The lowest BCUT2D eigenvalue weighted by molar-refractivity contribution is 0.259. The lowest BCUT2D eigenvalue weighted by atomic mass is 9.83. The van der Waals surface area contributed by atoms with Crippen molar-refractivity contribution in [3.8, 4) is 0 Å². The van der Waals surface area contributed by atoms with Crippen molar-refractivity contribution in [3.63, 3.8) is 0 Å². The molecule has 1 nitrogen and oxygen atoms in total. The molecule has 0 saturated carbocycles. The van der Waals surface area contributed by atoms with E-state index in [1.807, 2.05) is 0 Å². The second kappa shape index (κ2) is 3.43. The van der Waals surface area contributed by atoms with E-state index in [1.54, 1.807) is 0 Å². The number of hydrogen-bond donors (Lipinski definition) is 1. The fraction of sp³-hybridized carbons (Fsp3) is 1.00. The Labute approximate surface area is 63.6 Å². The highest BCUT2D eigenvalue weighted by molar-refractivity contribution is 5.85. The Morgan fingerprint density at radius 2 is 1.56 bits per heavy atom. The van der Waals surface area contributed by atoms with Crippen molar-refractivity contribution in [1.29, 1.82) is 0 Å². The minimum absolute atomic E-state index is 0. The summed E-state index contributed by atoms with van der Waals surface area (Å²) in [4.78, 5) is 0. The first kappa shape index (κ1) is 9.25. The van der Waals surface area contributed by atoms with Gasteiger partial charge in [-0.3, -0.25) is 0 Å². The molecule has 0 spiro atoms. The molecular formula is C7H16ClN. The maximum atomic E-state index is 3.34. The van der Waals surface area contributed by atoms with Crippen molar-refractivity contribution in [2.45, 2.75) is 26.7 Å². The maximum absolute atomic E-state index is 3.34. The number of piperidine rings is 1. The molecule has 56 valence electrons. The molecule has 0 radical (unpaired) electrons. The molecule has 0 aliphatic carbocycles. The van der Waals surface area contributed by atoms with Gasteiger partial charge in [0.2, 0.25) is 0 Å². The molecule has 1 rings (SSSR count). The summed E-state index contributed by atoms with van der Waals surface area (Å²) in [6, 6.07) is 0. The Hall–Kier alpha value is 0.250. The summed E-state index contributed by atoms with van der Waals surface area (Å²) in [7, 11) is 0. The summed E-state index contributed by atoms with van der Waals surface area (Å²) >= 11 is 0. The van der Waals surface area contributed by atoms with Crippen molar-refractivity contribution < 1.29 is 0 Å². The molecule has 0 atom stereocenters. The van der Waals surface area contributed by atoms with Gasteiger partial charge in [0, 0.05) is 0 Å². The van der Waals surface area contributed by atoms with Gasteiger partial charge in [0.05, 0.1) is 0 Å². The maximum Gasteiger partial charge on any atom is -0.00438 e. The van der Waals surface area contributed by atoms with E-state index in [1.165, 1.54) is 25.9 Å². The Morgan fingerprint density at radius 1 is 1.11 bits per heavy atom. The SMILES string of the molecule is CC1(C)CCNCC1.Cl. The van der Waals surface area contributed by atoms with Crippen LogP contribution in [0.15, 0.2) is 0 Å². The second-order valence-corrected chi connectivity index (χ2v) is 3.41. The smallest absolute Gasteiger partial charge is 0.00438 e. The first-order valence-corrected chi connectivity index (χ1v) is 3.41. The highest BCUT2D eigenvalue weighted by atomic mass is 35.5. The van der Waals surface area contributed by atoms with Gasteiger partial charge in [-0.25, -0.2) is 0 Å². The highest BCUT2D eigenvalue weighted by Gasteiger charge is 2.19. The van der Waals surface area contributed by atoms with Gasteiger partial charge in [0.25, 0.3) is 0 Å². The van der Waals surface area contributed by atoms with Gasteiger partial charge in [-0.05, 0) is 31.3 Å². The van der Waals surface area contributed by atoms with E-state index in [9.17, 15) is 0 Å². The minimum Gasteiger partial charge on any atom is -0.317 e. The molecule has 0 aromatic rings. The Morgan fingerprint density at radius 3 is 1.78 bits per heavy atom. The predicted molar refractivity (Wildman–Crippen MR) is 43.1 cm³/mol. The van der Waals surface area contributed by atoms with E-state index in [0.29, 0.717) is 5.41 Å². The van der Waals surface area contributed by atoms with Gasteiger partial charge in [0.1, 0.15) is 0 Å². The second-order valence-electron chi connectivity index (χ2n) is 3.41. The van der Waals surface area contributed by atoms with E-state index >= 15 is 0 Å². The van der Waals surface area contributed by atoms with Crippen molar-refractivity contribution in [1.82, 2.24) is 5.32 Å². The minimum atomic E-state index is 0. The van der Waals surface area contributed by atoms with Crippen LogP contribution in [-0.4, -0.2) is 13.1 Å². The lowest BCUT2D eigenvalue weighted by Gasteiger charge is -2.29. The number of hydrogen-bond acceptors (Lipinski definition) is 1. The molecule has 1 aliphatic heterocycles. The topological polar surface area (TPSA) is 12.0 Å². The van der Waals surface area contributed by atoms with Gasteiger partial charge in [-0.2, -0.15) is 0 Å². The Bertz CT molecular complexity index is 73.0.